The third-order valence-corrected chi connectivity index (χ3v) is 5.25. The van der Waals surface area contributed by atoms with Crippen molar-refractivity contribution in [1.82, 2.24) is 19.6 Å². The molecule has 2 aliphatic heterocycles. The minimum absolute atomic E-state index is 0.174. The molecule has 0 saturated carbocycles. The largest absolute Gasteiger partial charge is 0.333 e. The molecule has 5 nitrogen and oxygen atoms in total. The van der Waals surface area contributed by atoms with Gasteiger partial charge in [0.25, 0.3) is 5.91 Å². The van der Waals surface area contributed by atoms with Gasteiger partial charge in [0, 0.05) is 25.2 Å². The molecule has 122 valence electrons. The van der Waals surface area contributed by atoms with Gasteiger partial charge in [0.15, 0.2) is 0 Å². The van der Waals surface area contributed by atoms with E-state index < -0.39 is 0 Å². The molecule has 0 aromatic carbocycles. The number of likely N-dealkylation sites (tertiary alicyclic amines) is 2. The molecule has 1 aromatic rings. The third kappa shape index (κ3) is 2.67. The van der Waals surface area contributed by atoms with Gasteiger partial charge in [-0.15, -0.1) is 0 Å². The van der Waals surface area contributed by atoms with E-state index >= 15 is 0 Å². The van der Waals surface area contributed by atoms with E-state index in [-0.39, 0.29) is 5.91 Å². The molecule has 0 radical (unpaired) electrons. The topological polar surface area (TPSA) is 41.4 Å². The predicted octanol–water partition coefficient (Wildman–Crippen LogP) is 2.30. The highest BCUT2D eigenvalue weighted by molar-refractivity contribution is 5.93. The first kappa shape index (κ1) is 15.5. The van der Waals surface area contributed by atoms with Crippen molar-refractivity contribution in [2.75, 3.05) is 19.6 Å². The second kappa shape index (κ2) is 6.41. The van der Waals surface area contributed by atoms with E-state index in [1.54, 1.807) is 0 Å². The quantitative estimate of drug-likeness (QED) is 0.857. The molecule has 1 aromatic heterocycles. The molecule has 3 heterocycles. The summed E-state index contributed by atoms with van der Waals surface area (Å²) in [6.45, 7) is 10.2. The van der Waals surface area contributed by atoms with Crippen LogP contribution in [0.4, 0.5) is 0 Å². The van der Waals surface area contributed by atoms with Crippen LogP contribution in [0.3, 0.4) is 0 Å². The normalized spacial score (nSPS) is 26.0. The first-order valence-electron chi connectivity index (χ1n) is 8.75. The number of likely N-dealkylation sites (N-methyl/N-ethyl adjacent to an activating group) is 1. The molecule has 2 saturated heterocycles. The monoisotopic (exact) mass is 304 g/mol. The van der Waals surface area contributed by atoms with Crippen LogP contribution in [0.15, 0.2) is 6.07 Å². The summed E-state index contributed by atoms with van der Waals surface area (Å²) in [5.41, 5.74) is 1.69. The molecule has 3 rings (SSSR count). The molecule has 2 atom stereocenters. The molecule has 2 aliphatic rings. The molecular formula is C17H28N4O. The smallest absolute Gasteiger partial charge is 0.272 e. The van der Waals surface area contributed by atoms with Gasteiger partial charge in [0.2, 0.25) is 0 Å². The molecule has 2 fully saturated rings. The lowest BCUT2D eigenvalue weighted by atomic mass is 10.0. The van der Waals surface area contributed by atoms with E-state index in [2.05, 4.69) is 21.8 Å². The first-order chi connectivity index (χ1) is 10.7. The first-order valence-corrected chi connectivity index (χ1v) is 8.75. The number of hydrogen-bond donors (Lipinski definition) is 0. The van der Waals surface area contributed by atoms with Crippen LogP contribution in [0, 0.1) is 6.92 Å². The molecule has 1 amide bonds. The molecule has 0 N–H and O–H groups in total. The second-order valence-electron chi connectivity index (χ2n) is 6.53. The fourth-order valence-corrected chi connectivity index (χ4v) is 4.23. The van der Waals surface area contributed by atoms with Gasteiger partial charge in [0.05, 0.1) is 5.69 Å². The van der Waals surface area contributed by atoms with Crippen LogP contribution in [-0.4, -0.2) is 57.2 Å². The summed E-state index contributed by atoms with van der Waals surface area (Å²) < 4.78 is 1.85. The van der Waals surface area contributed by atoms with E-state index in [0.717, 1.165) is 43.9 Å². The van der Waals surface area contributed by atoms with Gasteiger partial charge in [-0.3, -0.25) is 14.4 Å². The number of aryl methyl sites for hydroxylation is 2. The molecule has 0 bridgehead atoms. The number of aromatic nitrogens is 2. The number of rotatable bonds is 4. The van der Waals surface area contributed by atoms with E-state index in [1.807, 2.05) is 24.6 Å². The maximum atomic E-state index is 13.0. The molecule has 0 unspecified atom stereocenters. The zero-order chi connectivity index (χ0) is 15.7. The summed E-state index contributed by atoms with van der Waals surface area (Å²) in [7, 11) is 0. The number of nitrogens with zero attached hydrogens (tertiary/aromatic N) is 4. The van der Waals surface area contributed by atoms with E-state index in [1.165, 1.54) is 19.4 Å². The molecule has 0 spiro atoms. The number of amides is 1. The molecule has 0 aliphatic carbocycles. The van der Waals surface area contributed by atoms with Gasteiger partial charge in [-0.25, -0.2) is 0 Å². The van der Waals surface area contributed by atoms with Gasteiger partial charge >= 0.3 is 0 Å². The van der Waals surface area contributed by atoms with Crippen molar-refractivity contribution in [3.05, 3.63) is 17.5 Å². The maximum absolute atomic E-state index is 13.0. The summed E-state index contributed by atoms with van der Waals surface area (Å²) in [5, 5.41) is 4.43. The zero-order valence-electron chi connectivity index (χ0n) is 14.1. The van der Waals surface area contributed by atoms with Gasteiger partial charge in [-0.2, -0.15) is 5.10 Å². The summed E-state index contributed by atoms with van der Waals surface area (Å²) in [4.78, 5) is 17.7. The Labute approximate surface area is 133 Å². The Kier molecular flexibility index (Phi) is 4.52. The fraction of sp³-hybridized carbons (Fsp3) is 0.765. The van der Waals surface area contributed by atoms with Gasteiger partial charge in [-0.1, -0.05) is 6.92 Å². The van der Waals surface area contributed by atoms with Crippen LogP contribution in [-0.2, 0) is 6.54 Å². The van der Waals surface area contributed by atoms with Crippen molar-refractivity contribution in [3.8, 4) is 0 Å². The van der Waals surface area contributed by atoms with Crippen molar-refractivity contribution in [2.24, 2.45) is 0 Å². The van der Waals surface area contributed by atoms with Crippen LogP contribution in [0.2, 0.25) is 0 Å². The SMILES string of the molecule is CCN1CCC[C@@H]1[C@@H]1CCCN1C(=O)c1cc(C)nn1CC. The van der Waals surface area contributed by atoms with E-state index in [9.17, 15) is 4.79 Å². The van der Waals surface area contributed by atoms with Gasteiger partial charge in [-0.05, 0) is 58.7 Å². The highest BCUT2D eigenvalue weighted by atomic mass is 16.2. The number of carbonyl (C=O) groups is 1. The van der Waals surface area contributed by atoms with Gasteiger partial charge in [0.1, 0.15) is 5.69 Å². The average Bonchev–Trinajstić information content (AvgIpc) is 3.23. The fourth-order valence-electron chi connectivity index (χ4n) is 4.23. The third-order valence-electron chi connectivity index (χ3n) is 5.25. The Hall–Kier alpha value is -1.36. The number of carbonyl (C=O) groups excluding carboxylic acids is 1. The highest BCUT2D eigenvalue weighted by Crippen LogP contribution is 2.30. The van der Waals surface area contributed by atoms with Crippen molar-refractivity contribution in [2.45, 2.75) is 65.1 Å². The van der Waals surface area contributed by atoms with Crippen LogP contribution >= 0.6 is 0 Å². The zero-order valence-corrected chi connectivity index (χ0v) is 14.1. The molecule has 5 heteroatoms. The lowest BCUT2D eigenvalue weighted by molar-refractivity contribution is 0.0637. The Morgan fingerprint density at radius 1 is 1.18 bits per heavy atom. The lowest BCUT2D eigenvalue weighted by Crippen LogP contribution is -2.48. The number of hydrogen-bond acceptors (Lipinski definition) is 3. The lowest BCUT2D eigenvalue weighted by Gasteiger charge is -2.34. The Balaban J connectivity index is 1.82. The van der Waals surface area contributed by atoms with Crippen LogP contribution < -0.4 is 0 Å². The minimum atomic E-state index is 0.174. The van der Waals surface area contributed by atoms with E-state index in [0.29, 0.717) is 12.1 Å². The van der Waals surface area contributed by atoms with E-state index in [4.69, 9.17) is 0 Å². The Morgan fingerprint density at radius 2 is 1.91 bits per heavy atom. The van der Waals surface area contributed by atoms with Crippen molar-refractivity contribution >= 4 is 5.91 Å². The van der Waals surface area contributed by atoms with Crippen molar-refractivity contribution < 1.29 is 4.79 Å². The standard InChI is InChI=1S/C17H28N4O/c1-4-19-10-6-8-14(19)15-9-7-11-20(15)17(22)16-12-13(3)18-21(16)5-2/h12,14-15H,4-11H2,1-3H3/t14-,15+/m1/s1. The minimum Gasteiger partial charge on any atom is -0.333 e. The molecule has 22 heavy (non-hydrogen) atoms. The average molecular weight is 304 g/mol. The van der Waals surface area contributed by atoms with Crippen molar-refractivity contribution in [1.29, 1.82) is 0 Å². The Morgan fingerprint density at radius 3 is 2.64 bits per heavy atom. The molecular weight excluding hydrogens is 276 g/mol. The second-order valence-corrected chi connectivity index (χ2v) is 6.53. The summed E-state index contributed by atoms with van der Waals surface area (Å²) in [6, 6.07) is 2.87. The predicted molar refractivity (Wildman–Crippen MR) is 87.0 cm³/mol. The Bertz CT molecular complexity index is 539. The van der Waals surface area contributed by atoms with Crippen molar-refractivity contribution in [3.63, 3.8) is 0 Å². The summed E-state index contributed by atoms with van der Waals surface area (Å²) in [6.07, 6.45) is 4.77. The van der Waals surface area contributed by atoms with Crippen LogP contribution in [0.1, 0.15) is 55.7 Å². The summed E-state index contributed by atoms with van der Waals surface area (Å²) >= 11 is 0. The summed E-state index contributed by atoms with van der Waals surface area (Å²) in [5.74, 6) is 0.174. The van der Waals surface area contributed by atoms with Crippen LogP contribution in [0.25, 0.3) is 0 Å². The van der Waals surface area contributed by atoms with Gasteiger partial charge < -0.3 is 4.90 Å². The highest BCUT2D eigenvalue weighted by Gasteiger charge is 2.40. The van der Waals surface area contributed by atoms with Crippen LogP contribution in [0.5, 0.6) is 0 Å². The maximum Gasteiger partial charge on any atom is 0.272 e.